The summed E-state index contributed by atoms with van der Waals surface area (Å²) in [6, 6.07) is 15.5. The Kier molecular flexibility index (Phi) is 12.3. The van der Waals surface area contributed by atoms with Gasteiger partial charge >= 0.3 is 0 Å². The summed E-state index contributed by atoms with van der Waals surface area (Å²) in [5.74, 6) is 3.61. The van der Waals surface area contributed by atoms with Gasteiger partial charge in [-0.1, -0.05) is 36.6 Å². The van der Waals surface area contributed by atoms with Crippen molar-refractivity contribution in [3.63, 3.8) is 0 Å². The van der Waals surface area contributed by atoms with Crippen molar-refractivity contribution in [2.45, 2.75) is 103 Å². The van der Waals surface area contributed by atoms with Gasteiger partial charge in [-0.25, -0.2) is 4.98 Å². The van der Waals surface area contributed by atoms with Gasteiger partial charge in [0.2, 0.25) is 0 Å². The molecule has 3 aromatic rings. The summed E-state index contributed by atoms with van der Waals surface area (Å²) in [4.78, 5) is 13.1. The lowest BCUT2D eigenvalue weighted by Gasteiger charge is -2.37. The minimum absolute atomic E-state index is 0.458. The summed E-state index contributed by atoms with van der Waals surface area (Å²) in [7, 11) is 2.25. The number of benzene rings is 2. The predicted octanol–water partition coefficient (Wildman–Crippen LogP) is 7.55. The van der Waals surface area contributed by atoms with E-state index in [1.807, 2.05) is 0 Å². The molecule has 1 aromatic heterocycles. The monoisotopic (exact) mass is 629 g/mol. The first-order chi connectivity index (χ1) is 22.6. The van der Waals surface area contributed by atoms with Gasteiger partial charge in [-0.3, -0.25) is 0 Å². The first kappa shape index (κ1) is 33.3. The minimum Gasteiger partial charge on any atom is -0.491 e. The molecular weight excluding hydrogens is 570 g/mol. The molecule has 1 unspecified atom stereocenters. The number of aromatic nitrogens is 2. The van der Waals surface area contributed by atoms with Gasteiger partial charge in [-0.2, -0.15) is 0 Å². The third-order valence-electron chi connectivity index (χ3n) is 10.9. The zero-order chi connectivity index (χ0) is 31.6. The summed E-state index contributed by atoms with van der Waals surface area (Å²) in [5, 5.41) is 0. The first-order valence-corrected chi connectivity index (χ1v) is 18.6. The Bertz CT molecular complexity index is 1330. The minimum atomic E-state index is 0.458. The van der Waals surface area contributed by atoms with Crippen molar-refractivity contribution < 1.29 is 9.47 Å². The van der Waals surface area contributed by atoms with Crippen molar-refractivity contribution in [2.75, 3.05) is 59.5 Å². The fourth-order valence-electron chi connectivity index (χ4n) is 7.96. The Labute approximate surface area is 278 Å². The number of ether oxygens (including phenoxy) is 2. The smallest absolute Gasteiger partial charge is 0.148 e. The van der Waals surface area contributed by atoms with E-state index in [1.165, 1.54) is 109 Å². The van der Waals surface area contributed by atoms with Gasteiger partial charge in [0.25, 0.3) is 0 Å². The predicted molar refractivity (Wildman–Crippen MR) is 189 cm³/mol. The lowest BCUT2D eigenvalue weighted by Crippen LogP contribution is -2.43. The van der Waals surface area contributed by atoms with Gasteiger partial charge in [-0.15, -0.1) is 0 Å². The number of rotatable bonds is 15. The normalized spacial score (nSPS) is 20.8. The lowest BCUT2D eigenvalue weighted by molar-refractivity contribution is 0.113. The van der Waals surface area contributed by atoms with Gasteiger partial charge in [0.15, 0.2) is 0 Å². The van der Waals surface area contributed by atoms with Crippen LogP contribution in [0.25, 0.3) is 11.0 Å². The third-order valence-corrected chi connectivity index (χ3v) is 10.9. The first-order valence-electron chi connectivity index (χ1n) is 18.6. The summed E-state index contributed by atoms with van der Waals surface area (Å²) in [6.07, 6.45) is 15.7. The fraction of sp³-hybridized carbons (Fsp3) is 0.667. The Morgan fingerprint density at radius 1 is 0.761 bits per heavy atom. The molecule has 252 valence electrons. The largest absolute Gasteiger partial charge is 0.491 e. The van der Waals surface area contributed by atoms with Gasteiger partial charge in [-0.05, 0) is 148 Å². The Morgan fingerprint density at radius 3 is 2.39 bits per heavy atom. The molecule has 6 rings (SSSR count). The van der Waals surface area contributed by atoms with E-state index in [9.17, 15) is 0 Å². The maximum Gasteiger partial charge on any atom is 0.148 e. The number of nitrogens with zero attached hydrogens (tertiary/aromatic N) is 5. The van der Waals surface area contributed by atoms with Crippen LogP contribution in [0.5, 0.6) is 11.5 Å². The van der Waals surface area contributed by atoms with Crippen molar-refractivity contribution in [1.29, 1.82) is 0 Å². The molecule has 0 radical (unpaired) electrons. The van der Waals surface area contributed by atoms with Crippen LogP contribution in [-0.4, -0.2) is 89.8 Å². The van der Waals surface area contributed by atoms with Gasteiger partial charge in [0.05, 0.1) is 12.1 Å². The number of fused-ring (bicyclic) bond motifs is 1. The Balaban J connectivity index is 1.07. The average molecular weight is 630 g/mol. The molecule has 7 heteroatoms. The average Bonchev–Trinajstić information content (AvgIpc) is 3.45. The molecule has 3 saturated heterocycles. The van der Waals surface area contributed by atoms with E-state index in [1.54, 1.807) is 0 Å². The van der Waals surface area contributed by atoms with Crippen molar-refractivity contribution in [2.24, 2.45) is 5.92 Å². The number of hydrogen-bond acceptors (Lipinski definition) is 6. The maximum absolute atomic E-state index is 6.50. The molecule has 0 N–H and O–H groups in total. The number of imidazole rings is 1. The molecule has 3 aliphatic heterocycles. The van der Waals surface area contributed by atoms with E-state index in [0.717, 1.165) is 72.9 Å². The topological polar surface area (TPSA) is 46.0 Å². The molecule has 0 amide bonds. The SMILES string of the molecule is Cc1ccc(OCc2nc3c(OCCCN4CCCCC4CCN4CCCCC4)cccc3n2CCCC2CCN(C)CC2)cc1. The molecule has 0 aliphatic carbocycles. The van der Waals surface area contributed by atoms with E-state index >= 15 is 0 Å². The molecule has 7 nitrogen and oxygen atoms in total. The number of hydrogen-bond donors (Lipinski definition) is 0. The Morgan fingerprint density at radius 2 is 1.57 bits per heavy atom. The third kappa shape index (κ3) is 9.26. The van der Waals surface area contributed by atoms with Crippen LogP contribution in [-0.2, 0) is 13.2 Å². The van der Waals surface area contributed by atoms with Crippen LogP contribution in [0.4, 0.5) is 0 Å². The van der Waals surface area contributed by atoms with E-state index in [0.29, 0.717) is 6.61 Å². The van der Waals surface area contributed by atoms with E-state index in [-0.39, 0.29) is 0 Å². The summed E-state index contributed by atoms with van der Waals surface area (Å²) in [6.45, 7) is 13.0. The molecule has 3 aliphatic rings. The van der Waals surface area contributed by atoms with E-state index in [2.05, 4.69) is 75.7 Å². The van der Waals surface area contributed by atoms with Crippen LogP contribution in [0.15, 0.2) is 42.5 Å². The zero-order valence-electron chi connectivity index (χ0n) is 28.8. The number of piperidine rings is 3. The molecule has 1 atom stereocenters. The molecule has 3 fully saturated rings. The fourth-order valence-corrected chi connectivity index (χ4v) is 7.96. The number of likely N-dealkylation sites (tertiary alicyclic amines) is 3. The van der Waals surface area contributed by atoms with Crippen LogP contribution in [0.3, 0.4) is 0 Å². The van der Waals surface area contributed by atoms with E-state index < -0.39 is 0 Å². The maximum atomic E-state index is 6.50. The van der Waals surface area contributed by atoms with Crippen molar-refractivity contribution in [1.82, 2.24) is 24.3 Å². The second kappa shape index (κ2) is 17.0. The van der Waals surface area contributed by atoms with Crippen molar-refractivity contribution >= 4 is 11.0 Å². The standard InChI is InChI=1S/C39H59N5O2/c1-32-15-17-35(18-16-32)46-31-38-40-39-36(44(38)26-9-11-33-19-27-41(2)28-20-33)13-8-14-37(39)45-30-10-25-43-24-7-4-12-34(43)21-29-42-22-5-3-6-23-42/h8,13-18,33-34H,3-7,9-12,19-31H2,1-2H3. The van der Waals surface area contributed by atoms with Crippen molar-refractivity contribution in [3.05, 3.63) is 53.9 Å². The second-order valence-corrected chi connectivity index (χ2v) is 14.4. The molecule has 0 bridgehead atoms. The van der Waals surface area contributed by atoms with Crippen LogP contribution in [0.1, 0.15) is 88.4 Å². The lowest BCUT2D eigenvalue weighted by atomic mass is 9.92. The summed E-state index contributed by atoms with van der Waals surface area (Å²) < 4.78 is 15.2. The molecule has 0 spiro atoms. The van der Waals surface area contributed by atoms with Crippen LogP contribution >= 0.6 is 0 Å². The van der Waals surface area contributed by atoms with Crippen LogP contribution in [0, 0.1) is 12.8 Å². The highest BCUT2D eigenvalue weighted by Crippen LogP contribution is 2.29. The summed E-state index contributed by atoms with van der Waals surface area (Å²) in [5.41, 5.74) is 3.38. The summed E-state index contributed by atoms with van der Waals surface area (Å²) >= 11 is 0. The van der Waals surface area contributed by atoms with Gasteiger partial charge in [0.1, 0.15) is 29.4 Å². The molecule has 2 aromatic carbocycles. The quantitative estimate of drug-likeness (QED) is 0.162. The highest BCUT2D eigenvalue weighted by atomic mass is 16.5. The zero-order valence-corrected chi connectivity index (χ0v) is 28.8. The Hall–Kier alpha value is -2.61. The number of para-hydroxylation sites is 1. The van der Waals surface area contributed by atoms with Crippen LogP contribution in [0.2, 0.25) is 0 Å². The van der Waals surface area contributed by atoms with Crippen LogP contribution < -0.4 is 9.47 Å². The molecule has 46 heavy (non-hydrogen) atoms. The molecular formula is C39H59N5O2. The second-order valence-electron chi connectivity index (χ2n) is 14.4. The highest BCUT2D eigenvalue weighted by Gasteiger charge is 2.23. The number of aryl methyl sites for hydroxylation is 2. The van der Waals surface area contributed by atoms with Gasteiger partial charge in [0, 0.05) is 19.1 Å². The van der Waals surface area contributed by atoms with Crippen molar-refractivity contribution in [3.8, 4) is 11.5 Å². The van der Waals surface area contributed by atoms with E-state index in [4.69, 9.17) is 14.5 Å². The molecule has 0 saturated carbocycles. The molecule has 4 heterocycles. The van der Waals surface area contributed by atoms with Gasteiger partial charge < -0.3 is 28.7 Å². The highest BCUT2D eigenvalue weighted by molar-refractivity contribution is 5.82.